The number of rotatable bonds is 5. The molecule has 2 aromatic heterocycles. The molecular weight excluding hydrogens is 383 g/mol. The highest BCUT2D eigenvalue weighted by Crippen LogP contribution is 2.24. The highest BCUT2D eigenvalue weighted by molar-refractivity contribution is 6.30. The first-order chi connectivity index (χ1) is 13.6. The quantitative estimate of drug-likeness (QED) is 0.533. The molecule has 0 spiro atoms. The van der Waals surface area contributed by atoms with Crippen LogP contribution >= 0.6 is 11.6 Å². The van der Waals surface area contributed by atoms with Crippen LogP contribution in [-0.2, 0) is 11.3 Å². The van der Waals surface area contributed by atoms with Crippen LogP contribution in [0.1, 0.15) is 0 Å². The van der Waals surface area contributed by atoms with E-state index in [1.165, 1.54) is 24.3 Å². The fourth-order valence-electron chi connectivity index (χ4n) is 2.71. The van der Waals surface area contributed by atoms with E-state index in [0.29, 0.717) is 22.2 Å². The van der Waals surface area contributed by atoms with E-state index in [2.05, 4.69) is 15.5 Å². The fraction of sp³-hybridized carbons (Fsp3) is 0.0500. The summed E-state index contributed by atoms with van der Waals surface area (Å²) < 4.78 is 20.0. The predicted octanol–water partition coefficient (Wildman–Crippen LogP) is 4.64. The van der Waals surface area contributed by atoms with E-state index in [-0.39, 0.29) is 24.2 Å². The fourth-order valence-corrected chi connectivity index (χ4v) is 2.90. The van der Waals surface area contributed by atoms with Gasteiger partial charge in [-0.2, -0.15) is 4.98 Å². The monoisotopic (exact) mass is 396 g/mol. The van der Waals surface area contributed by atoms with Crippen molar-refractivity contribution in [2.45, 2.75) is 6.54 Å². The van der Waals surface area contributed by atoms with Crippen molar-refractivity contribution >= 4 is 23.2 Å². The SMILES string of the molecule is O=C(Cn1cccc1-c1nc(-c2cccc(Cl)c2)no1)Nc1ccc(F)cc1. The summed E-state index contributed by atoms with van der Waals surface area (Å²) in [5, 5.41) is 7.28. The lowest BCUT2D eigenvalue weighted by Crippen LogP contribution is -2.18. The Morgan fingerprint density at radius 2 is 1.96 bits per heavy atom. The smallest absolute Gasteiger partial charge is 0.274 e. The highest BCUT2D eigenvalue weighted by atomic mass is 35.5. The molecule has 8 heteroatoms. The van der Waals surface area contributed by atoms with Crippen LogP contribution in [0.25, 0.3) is 23.0 Å². The molecule has 0 atom stereocenters. The molecule has 4 rings (SSSR count). The predicted molar refractivity (Wildman–Crippen MR) is 103 cm³/mol. The molecule has 0 saturated heterocycles. The van der Waals surface area contributed by atoms with E-state index in [9.17, 15) is 9.18 Å². The second kappa shape index (κ2) is 7.66. The molecule has 2 aromatic carbocycles. The molecule has 0 aliphatic heterocycles. The molecule has 0 fully saturated rings. The second-order valence-corrected chi connectivity index (χ2v) is 6.45. The van der Waals surface area contributed by atoms with Gasteiger partial charge in [-0.1, -0.05) is 28.9 Å². The lowest BCUT2D eigenvalue weighted by molar-refractivity contribution is -0.116. The van der Waals surface area contributed by atoms with Gasteiger partial charge in [-0.3, -0.25) is 4.79 Å². The van der Waals surface area contributed by atoms with Gasteiger partial charge in [0.05, 0.1) is 0 Å². The number of amides is 1. The van der Waals surface area contributed by atoms with Gasteiger partial charge < -0.3 is 14.4 Å². The minimum atomic E-state index is -0.363. The zero-order valence-electron chi connectivity index (χ0n) is 14.5. The largest absolute Gasteiger partial charge is 0.334 e. The maximum atomic E-state index is 13.0. The second-order valence-electron chi connectivity index (χ2n) is 6.01. The highest BCUT2D eigenvalue weighted by Gasteiger charge is 2.15. The first kappa shape index (κ1) is 17.9. The van der Waals surface area contributed by atoms with Gasteiger partial charge in [-0.05, 0) is 48.5 Å². The number of nitrogens with zero attached hydrogens (tertiary/aromatic N) is 3. The maximum Gasteiger partial charge on any atom is 0.274 e. The Labute approximate surface area is 164 Å². The topological polar surface area (TPSA) is 73.0 Å². The van der Waals surface area contributed by atoms with Crippen molar-refractivity contribution in [1.82, 2.24) is 14.7 Å². The molecule has 140 valence electrons. The number of halogens is 2. The molecule has 1 amide bonds. The number of benzene rings is 2. The average Bonchev–Trinajstić information content (AvgIpc) is 3.33. The van der Waals surface area contributed by atoms with Crippen LogP contribution in [-0.4, -0.2) is 20.6 Å². The van der Waals surface area contributed by atoms with E-state index in [1.54, 1.807) is 41.1 Å². The number of aromatic nitrogens is 3. The molecule has 4 aromatic rings. The van der Waals surface area contributed by atoms with Crippen LogP contribution in [0.3, 0.4) is 0 Å². The van der Waals surface area contributed by atoms with Crippen LogP contribution in [0.15, 0.2) is 71.4 Å². The summed E-state index contributed by atoms with van der Waals surface area (Å²) in [5.41, 5.74) is 1.85. The van der Waals surface area contributed by atoms with Crippen LogP contribution in [0.2, 0.25) is 5.02 Å². The van der Waals surface area contributed by atoms with E-state index < -0.39 is 0 Å². The molecule has 2 heterocycles. The minimum absolute atomic E-state index is 0.0363. The zero-order valence-corrected chi connectivity index (χ0v) is 15.2. The Morgan fingerprint density at radius 1 is 1.14 bits per heavy atom. The third-order valence-corrected chi connectivity index (χ3v) is 4.23. The van der Waals surface area contributed by atoms with Crippen molar-refractivity contribution in [2.24, 2.45) is 0 Å². The number of hydrogen-bond donors (Lipinski definition) is 1. The molecular formula is C20H14ClFN4O2. The Morgan fingerprint density at radius 3 is 2.75 bits per heavy atom. The van der Waals surface area contributed by atoms with Crippen molar-refractivity contribution in [3.8, 4) is 23.0 Å². The van der Waals surface area contributed by atoms with Gasteiger partial charge in [0.1, 0.15) is 18.1 Å². The molecule has 6 nitrogen and oxygen atoms in total. The maximum absolute atomic E-state index is 13.0. The summed E-state index contributed by atoms with van der Waals surface area (Å²) in [6.07, 6.45) is 1.74. The minimum Gasteiger partial charge on any atom is -0.334 e. The van der Waals surface area contributed by atoms with Crippen LogP contribution in [0.5, 0.6) is 0 Å². The normalized spacial score (nSPS) is 10.8. The third-order valence-electron chi connectivity index (χ3n) is 4.00. The Hall–Kier alpha value is -3.45. The number of anilines is 1. The Balaban J connectivity index is 1.51. The van der Waals surface area contributed by atoms with E-state index in [1.807, 2.05) is 6.07 Å². The van der Waals surface area contributed by atoms with Crippen molar-refractivity contribution in [2.75, 3.05) is 5.32 Å². The van der Waals surface area contributed by atoms with Crippen molar-refractivity contribution in [1.29, 1.82) is 0 Å². The molecule has 0 radical (unpaired) electrons. The summed E-state index contributed by atoms with van der Waals surface area (Å²) in [6, 6.07) is 16.3. The summed E-state index contributed by atoms with van der Waals surface area (Å²) in [5.74, 6) is 0.0619. The van der Waals surface area contributed by atoms with E-state index >= 15 is 0 Å². The standard InChI is InChI=1S/C20H14ClFN4O2/c21-14-4-1-3-13(11-14)19-24-20(28-25-19)17-5-2-10-26(17)12-18(27)23-16-8-6-15(22)7-9-16/h1-11H,12H2,(H,23,27). The molecule has 0 saturated carbocycles. The number of carbonyl (C=O) groups excluding carboxylic acids is 1. The van der Waals surface area contributed by atoms with Crippen LogP contribution in [0, 0.1) is 5.82 Å². The van der Waals surface area contributed by atoms with Gasteiger partial charge in [0, 0.05) is 22.5 Å². The zero-order chi connectivity index (χ0) is 19.5. The first-order valence-corrected chi connectivity index (χ1v) is 8.77. The number of nitrogens with one attached hydrogen (secondary N) is 1. The number of hydrogen-bond acceptors (Lipinski definition) is 4. The lowest BCUT2D eigenvalue weighted by Gasteiger charge is -2.08. The van der Waals surface area contributed by atoms with E-state index in [0.717, 1.165) is 5.56 Å². The molecule has 0 bridgehead atoms. The molecule has 0 unspecified atom stereocenters. The van der Waals surface area contributed by atoms with Gasteiger partial charge in [0.25, 0.3) is 5.89 Å². The van der Waals surface area contributed by atoms with Gasteiger partial charge in [0.2, 0.25) is 11.7 Å². The van der Waals surface area contributed by atoms with Crippen LogP contribution in [0.4, 0.5) is 10.1 Å². The van der Waals surface area contributed by atoms with E-state index in [4.69, 9.17) is 16.1 Å². The third kappa shape index (κ3) is 3.94. The van der Waals surface area contributed by atoms with Crippen molar-refractivity contribution in [3.05, 3.63) is 77.7 Å². The summed E-state index contributed by atoms with van der Waals surface area (Å²) >= 11 is 6.00. The summed E-state index contributed by atoms with van der Waals surface area (Å²) in [7, 11) is 0. The van der Waals surface area contributed by atoms with Gasteiger partial charge >= 0.3 is 0 Å². The number of carbonyl (C=O) groups is 1. The van der Waals surface area contributed by atoms with Gasteiger partial charge in [-0.25, -0.2) is 4.39 Å². The van der Waals surface area contributed by atoms with Crippen molar-refractivity contribution < 1.29 is 13.7 Å². The Bertz CT molecular complexity index is 1120. The van der Waals surface area contributed by atoms with Gasteiger partial charge in [0.15, 0.2) is 0 Å². The van der Waals surface area contributed by atoms with Crippen molar-refractivity contribution in [3.63, 3.8) is 0 Å². The molecule has 28 heavy (non-hydrogen) atoms. The average molecular weight is 397 g/mol. The van der Waals surface area contributed by atoms with Gasteiger partial charge in [-0.15, -0.1) is 0 Å². The molecule has 0 aliphatic carbocycles. The lowest BCUT2D eigenvalue weighted by atomic mass is 10.2. The Kier molecular flexibility index (Phi) is 4.90. The summed E-state index contributed by atoms with van der Waals surface area (Å²) in [4.78, 5) is 16.7. The molecule has 1 N–H and O–H groups in total. The summed E-state index contributed by atoms with van der Waals surface area (Å²) in [6.45, 7) is 0.0363. The molecule has 0 aliphatic rings. The first-order valence-electron chi connectivity index (χ1n) is 8.39. The van der Waals surface area contributed by atoms with Crippen LogP contribution < -0.4 is 5.32 Å².